The van der Waals surface area contributed by atoms with Gasteiger partial charge in [-0.25, -0.2) is 4.98 Å². The van der Waals surface area contributed by atoms with Crippen molar-refractivity contribution >= 4 is 11.5 Å². The van der Waals surface area contributed by atoms with Crippen LogP contribution in [0.1, 0.15) is 11.1 Å². The Morgan fingerprint density at radius 3 is 2.83 bits per heavy atom. The fraction of sp³-hybridized carbons (Fsp3) is 0.273. The highest BCUT2D eigenvalue weighted by molar-refractivity contribution is 5.48. The van der Waals surface area contributed by atoms with Gasteiger partial charge in [0, 0.05) is 31.4 Å². The molecule has 2 aromatic heterocycles. The van der Waals surface area contributed by atoms with Crippen LogP contribution in [0.25, 0.3) is 0 Å². The van der Waals surface area contributed by atoms with Crippen molar-refractivity contribution in [3.8, 4) is 0 Å². The zero-order valence-corrected chi connectivity index (χ0v) is 10.1. The Hall–Kier alpha value is -2.44. The van der Waals surface area contributed by atoms with Crippen molar-refractivity contribution in [2.75, 3.05) is 5.32 Å². The summed E-state index contributed by atoms with van der Waals surface area (Å²) in [6, 6.07) is 1.50. The second-order valence-corrected chi connectivity index (χ2v) is 3.99. The number of pyridine rings is 1. The number of hydrogen-bond donors (Lipinski definition) is 1. The fourth-order valence-electron chi connectivity index (χ4n) is 1.59. The summed E-state index contributed by atoms with van der Waals surface area (Å²) in [6.45, 7) is 2.37. The third kappa shape index (κ3) is 2.62. The molecule has 0 aliphatic heterocycles. The average Bonchev–Trinajstić information content (AvgIpc) is 2.73. The van der Waals surface area contributed by atoms with Gasteiger partial charge in [-0.1, -0.05) is 0 Å². The van der Waals surface area contributed by atoms with Crippen LogP contribution >= 0.6 is 0 Å². The van der Waals surface area contributed by atoms with E-state index < -0.39 is 4.92 Å². The highest BCUT2D eigenvalue weighted by atomic mass is 16.6. The van der Waals surface area contributed by atoms with Gasteiger partial charge in [0.25, 0.3) is 5.69 Å². The molecule has 0 spiro atoms. The predicted molar refractivity (Wildman–Crippen MR) is 66.2 cm³/mol. The first-order valence-corrected chi connectivity index (χ1v) is 5.38. The Labute approximate surface area is 104 Å². The molecule has 7 nitrogen and oxygen atoms in total. The molecule has 0 bridgehead atoms. The molecule has 0 unspecified atom stereocenters. The average molecular weight is 247 g/mol. The molecule has 0 saturated heterocycles. The number of rotatable bonds is 4. The summed E-state index contributed by atoms with van der Waals surface area (Å²) in [5.41, 5.74) is 1.77. The van der Waals surface area contributed by atoms with Gasteiger partial charge in [0.05, 0.1) is 11.1 Å². The maximum atomic E-state index is 10.6. The van der Waals surface area contributed by atoms with Gasteiger partial charge in [-0.05, 0) is 12.5 Å². The normalized spacial score (nSPS) is 10.3. The van der Waals surface area contributed by atoms with Crippen LogP contribution in [0.3, 0.4) is 0 Å². The molecule has 2 heterocycles. The van der Waals surface area contributed by atoms with Crippen molar-refractivity contribution in [1.82, 2.24) is 14.8 Å². The van der Waals surface area contributed by atoms with Gasteiger partial charge in [-0.15, -0.1) is 0 Å². The minimum absolute atomic E-state index is 0.000530. The maximum Gasteiger partial charge on any atom is 0.287 e. The van der Waals surface area contributed by atoms with Crippen LogP contribution in [0.2, 0.25) is 0 Å². The molecular formula is C11H13N5O2. The molecule has 7 heteroatoms. The Balaban J connectivity index is 2.08. The van der Waals surface area contributed by atoms with E-state index in [0.717, 1.165) is 11.1 Å². The van der Waals surface area contributed by atoms with Crippen LogP contribution in [0.15, 0.2) is 24.7 Å². The summed E-state index contributed by atoms with van der Waals surface area (Å²) in [5, 5.41) is 17.8. The maximum absolute atomic E-state index is 10.6. The lowest BCUT2D eigenvalue weighted by Gasteiger charge is -2.06. The lowest BCUT2D eigenvalue weighted by molar-refractivity contribution is -0.385. The summed E-state index contributed by atoms with van der Waals surface area (Å²) in [4.78, 5) is 14.2. The lowest BCUT2D eigenvalue weighted by atomic mass is 10.2. The number of anilines is 1. The number of hydrogen-bond acceptors (Lipinski definition) is 5. The molecule has 0 atom stereocenters. The summed E-state index contributed by atoms with van der Waals surface area (Å²) < 4.78 is 1.72. The minimum Gasteiger partial charge on any atom is -0.366 e. The van der Waals surface area contributed by atoms with Gasteiger partial charge in [-0.3, -0.25) is 14.8 Å². The van der Waals surface area contributed by atoms with Crippen LogP contribution in [-0.4, -0.2) is 19.7 Å². The second kappa shape index (κ2) is 4.82. The number of aromatic nitrogens is 3. The molecule has 0 saturated carbocycles. The molecule has 0 amide bonds. The van der Waals surface area contributed by atoms with E-state index >= 15 is 0 Å². The molecule has 1 N–H and O–H groups in total. The molecule has 2 aromatic rings. The molecule has 0 radical (unpaired) electrons. The molecule has 94 valence electrons. The van der Waals surface area contributed by atoms with Crippen molar-refractivity contribution in [2.24, 2.45) is 7.05 Å². The summed E-state index contributed by atoms with van der Waals surface area (Å²) in [6.07, 6.45) is 4.90. The lowest BCUT2D eigenvalue weighted by Crippen LogP contribution is -2.03. The van der Waals surface area contributed by atoms with Crippen LogP contribution in [0.4, 0.5) is 11.5 Å². The van der Waals surface area contributed by atoms with E-state index in [4.69, 9.17) is 0 Å². The monoisotopic (exact) mass is 247 g/mol. The number of aryl methyl sites for hydroxylation is 2. The standard InChI is InChI=1S/C11H13N5O2/c1-8-3-10(16(17)18)6-13-11(8)12-4-9-5-14-15(2)7-9/h3,5-7H,4H2,1-2H3,(H,12,13). The van der Waals surface area contributed by atoms with Gasteiger partial charge < -0.3 is 5.32 Å². The van der Waals surface area contributed by atoms with Gasteiger partial charge >= 0.3 is 0 Å². The summed E-state index contributed by atoms with van der Waals surface area (Å²) in [5.74, 6) is 0.643. The highest BCUT2D eigenvalue weighted by Gasteiger charge is 2.09. The fourth-order valence-corrected chi connectivity index (χ4v) is 1.59. The SMILES string of the molecule is Cc1cc([N+](=O)[O-])cnc1NCc1cnn(C)c1. The zero-order chi connectivity index (χ0) is 13.1. The predicted octanol–water partition coefficient (Wildman–Crippen LogP) is 1.64. The largest absolute Gasteiger partial charge is 0.366 e. The van der Waals surface area contributed by atoms with Crippen molar-refractivity contribution in [3.63, 3.8) is 0 Å². The molecule has 18 heavy (non-hydrogen) atoms. The van der Waals surface area contributed by atoms with E-state index in [-0.39, 0.29) is 5.69 Å². The van der Waals surface area contributed by atoms with E-state index in [1.165, 1.54) is 12.3 Å². The molecule has 0 aliphatic carbocycles. The quantitative estimate of drug-likeness (QED) is 0.655. The second-order valence-electron chi connectivity index (χ2n) is 3.99. The molecular weight excluding hydrogens is 234 g/mol. The topological polar surface area (TPSA) is 85.9 Å². The first-order valence-electron chi connectivity index (χ1n) is 5.38. The van der Waals surface area contributed by atoms with E-state index in [9.17, 15) is 10.1 Å². The molecule has 0 aromatic carbocycles. The number of nitro groups is 1. The van der Waals surface area contributed by atoms with Gasteiger partial charge in [0.2, 0.25) is 0 Å². The van der Waals surface area contributed by atoms with Gasteiger partial charge in [0.1, 0.15) is 12.0 Å². The van der Waals surface area contributed by atoms with E-state index in [2.05, 4.69) is 15.4 Å². The smallest absolute Gasteiger partial charge is 0.287 e. The van der Waals surface area contributed by atoms with Gasteiger partial charge in [0.15, 0.2) is 0 Å². The first kappa shape index (κ1) is 12.0. The van der Waals surface area contributed by atoms with E-state index in [0.29, 0.717) is 12.4 Å². The van der Waals surface area contributed by atoms with Crippen molar-refractivity contribution in [1.29, 1.82) is 0 Å². The Morgan fingerprint density at radius 2 is 2.28 bits per heavy atom. The Kier molecular flexibility index (Phi) is 3.22. The van der Waals surface area contributed by atoms with E-state index in [1.807, 2.05) is 13.2 Å². The third-order valence-electron chi connectivity index (χ3n) is 2.49. The van der Waals surface area contributed by atoms with Crippen LogP contribution in [0, 0.1) is 17.0 Å². The van der Waals surface area contributed by atoms with Gasteiger partial charge in [-0.2, -0.15) is 5.10 Å². The Morgan fingerprint density at radius 1 is 1.50 bits per heavy atom. The molecule has 0 fully saturated rings. The van der Waals surface area contributed by atoms with Crippen LogP contribution in [0.5, 0.6) is 0 Å². The highest BCUT2D eigenvalue weighted by Crippen LogP contribution is 2.18. The molecule has 0 aliphatic rings. The zero-order valence-electron chi connectivity index (χ0n) is 10.1. The van der Waals surface area contributed by atoms with Crippen LogP contribution in [-0.2, 0) is 13.6 Å². The summed E-state index contributed by atoms with van der Waals surface area (Å²) in [7, 11) is 1.85. The minimum atomic E-state index is -0.453. The number of nitrogens with one attached hydrogen (secondary N) is 1. The first-order chi connectivity index (χ1) is 8.56. The Bertz CT molecular complexity index is 579. The molecule has 2 rings (SSSR count). The summed E-state index contributed by atoms with van der Waals surface area (Å²) >= 11 is 0. The van der Waals surface area contributed by atoms with Crippen LogP contribution < -0.4 is 5.32 Å². The van der Waals surface area contributed by atoms with E-state index in [1.54, 1.807) is 17.8 Å². The van der Waals surface area contributed by atoms with Crippen molar-refractivity contribution in [2.45, 2.75) is 13.5 Å². The third-order valence-corrected chi connectivity index (χ3v) is 2.49. The van der Waals surface area contributed by atoms with Crippen molar-refractivity contribution in [3.05, 3.63) is 45.9 Å². The number of nitrogens with zero attached hydrogens (tertiary/aromatic N) is 4. The van der Waals surface area contributed by atoms with Crippen molar-refractivity contribution < 1.29 is 4.92 Å².